The zero-order valence-electron chi connectivity index (χ0n) is 37.4. The van der Waals surface area contributed by atoms with Crippen LogP contribution in [0.1, 0.15) is 97.8 Å². The highest BCUT2D eigenvalue weighted by Crippen LogP contribution is 2.27. The largest absolute Gasteiger partial charge is 0.508 e. The molecule has 0 aromatic carbocycles. The van der Waals surface area contributed by atoms with Crippen molar-refractivity contribution in [1.29, 1.82) is 0 Å². The van der Waals surface area contributed by atoms with E-state index >= 15 is 0 Å². The first-order valence-corrected chi connectivity index (χ1v) is 21.3. The van der Waals surface area contributed by atoms with Crippen LogP contribution in [-0.2, 0) is 76.2 Å². The van der Waals surface area contributed by atoms with Crippen LogP contribution in [0.25, 0.3) is 0 Å². The Balaban J connectivity index is 0.000000378. The Morgan fingerprint density at radius 3 is 1.47 bits per heavy atom. The van der Waals surface area contributed by atoms with Crippen LogP contribution >= 0.6 is 0 Å². The number of esters is 7. The molecular formula is C41H66O25. The van der Waals surface area contributed by atoms with Gasteiger partial charge < -0.3 is 83.5 Å². The van der Waals surface area contributed by atoms with E-state index in [0.717, 1.165) is 12.8 Å². The Morgan fingerprint density at radius 1 is 0.530 bits per heavy atom. The van der Waals surface area contributed by atoms with Gasteiger partial charge in [-0.1, -0.05) is 13.8 Å². The maximum Gasteiger partial charge on any atom is 0.508 e. The van der Waals surface area contributed by atoms with E-state index in [2.05, 4.69) is 42.6 Å². The van der Waals surface area contributed by atoms with Gasteiger partial charge in [-0.05, 0) is 39.0 Å². The van der Waals surface area contributed by atoms with Crippen molar-refractivity contribution >= 4 is 47.9 Å². The highest BCUT2D eigenvalue weighted by molar-refractivity contribution is 5.77. The molecule has 25 heteroatoms. The number of hydrogen-bond acceptors (Lipinski definition) is 25. The minimum Gasteiger partial charge on any atom is -0.466 e. The number of hydrogen-bond donors (Lipinski definition) is 8. The summed E-state index contributed by atoms with van der Waals surface area (Å²) in [6, 6.07) is 0. The molecule has 8 rings (SSSR count). The standard InChI is InChI=1S/4C6H10O3.C5H8O3.C4H6O4.2C4H6O3/c1-6(2)3-9-5(8)4(6)7;1-6(8)2-3-9-5(7)4-6;7-5-1-2-6(8)9-4-3-5;7-5-2-1-3-9-6(8)4-5;6-4-2-1-3-8-5(4)7;5-1-3-2-7-4(6)8-3;5-3-1-4(6)7-2-3;5-3-1-2-7-4(3)6/h4,7H,3H2,1-2H3;8H,2-4H2,1H3;2*5,7H,1-4H2;4,6H,1-3H2;3,5H,1-2H2;2*3,5H,1-2H2/t4-;;;;;;3-;/m0.....0./s1. The summed E-state index contributed by atoms with van der Waals surface area (Å²) in [4.78, 5) is 82.6. The number of carbonyl (C=O) groups excluding carboxylic acids is 8. The van der Waals surface area contributed by atoms with Crippen molar-refractivity contribution in [3.63, 3.8) is 0 Å². The van der Waals surface area contributed by atoms with Crippen LogP contribution in [0.15, 0.2) is 0 Å². The molecule has 8 aliphatic heterocycles. The molecule has 0 amide bonds. The maximum absolute atomic E-state index is 10.5. The molecule has 0 radical (unpaired) electrons. The molecule has 8 N–H and O–H groups in total. The van der Waals surface area contributed by atoms with E-state index < -0.39 is 71.7 Å². The molecule has 0 spiro atoms. The fourth-order valence-corrected chi connectivity index (χ4v) is 5.34. The smallest absolute Gasteiger partial charge is 0.466 e. The lowest BCUT2D eigenvalue weighted by atomic mass is 9.90. The van der Waals surface area contributed by atoms with Crippen molar-refractivity contribution in [2.45, 2.75) is 146 Å². The van der Waals surface area contributed by atoms with E-state index in [1.807, 2.05) is 0 Å². The predicted molar refractivity (Wildman–Crippen MR) is 216 cm³/mol. The summed E-state index contributed by atoms with van der Waals surface area (Å²) in [5.41, 5.74) is -1.22. The number of carbonyl (C=O) groups is 8. The zero-order valence-corrected chi connectivity index (χ0v) is 37.4. The third kappa shape index (κ3) is 27.0. The second kappa shape index (κ2) is 31.3. The third-order valence-corrected chi connectivity index (χ3v) is 9.46. The van der Waals surface area contributed by atoms with Gasteiger partial charge in [0.05, 0.1) is 89.4 Å². The van der Waals surface area contributed by atoms with Gasteiger partial charge in [-0.15, -0.1) is 0 Å². The van der Waals surface area contributed by atoms with Crippen molar-refractivity contribution in [3.05, 3.63) is 0 Å². The molecule has 0 aromatic rings. The molecule has 0 aliphatic carbocycles. The number of aliphatic hydroxyl groups excluding tert-OH is 7. The van der Waals surface area contributed by atoms with Crippen LogP contribution < -0.4 is 0 Å². The number of aliphatic hydroxyl groups is 8. The highest BCUT2D eigenvalue weighted by atomic mass is 16.8. The van der Waals surface area contributed by atoms with Crippen molar-refractivity contribution < 1.29 is 122 Å². The number of ether oxygens (including phenoxy) is 9. The Labute approximate surface area is 380 Å². The lowest BCUT2D eigenvalue weighted by molar-refractivity contribution is -0.159. The van der Waals surface area contributed by atoms with Gasteiger partial charge in [0, 0.05) is 31.1 Å². The van der Waals surface area contributed by atoms with Gasteiger partial charge in [0.25, 0.3) is 0 Å². The average molecular weight is 959 g/mol. The fraction of sp³-hybridized carbons (Fsp3) is 0.805. The summed E-state index contributed by atoms with van der Waals surface area (Å²) in [6.07, 6.45) is 0.664. The summed E-state index contributed by atoms with van der Waals surface area (Å²) >= 11 is 0. The Kier molecular flexibility index (Phi) is 28.1. The van der Waals surface area contributed by atoms with Crippen LogP contribution in [0.3, 0.4) is 0 Å². The maximum atomic E-state index is 10.5. The van der Waals surface area contributed by atoms with Crippen LogP contribution in [0, 0.1) is 5.41 Å². The van der Waals surface area contributed by atoms with Crippen molar-refractivity contribution in [3.8, 4) is 0 Å². The Morgan fingerprint density at radius 2 is 1.09 bits per heavy atom. The SMILES string of the molecule is CC1(C)COC(=O)[C@@H]1O.CC1(O)CCOC(=O)C1.O=C1CC(O)CCCO1.O=C1CCC(O)CCO1.O=C1C[C@H](O)CO1.O=C1OCC(CO)O1.O=C1OCCC1O.O=C1OCCCC1O. The summed E-state index contributed by atoms with van der Waals surface area (Å²) in [7, 11) is 0. The summed E-state index contributed by atoms with van der Waals surface area (Å²) in [5, 5.41) is 70.3. The van der Waals surface area contributed by atoms with Crippen LogP contribution in [0.5, 0.6) is 0 Å². The Hall–Kier alpha value is -4.76. The van der Waals surface area contributed by atoms with Gasteiger partial charge >= 0.3 is 47.9 Å². The fourth-order valence-electron chi connectivity index (χ4n) is 5.34. The van der Waals surface area contributed by atoms with Crippen molar-refractivity contribution in [1.82, 2.24) is 0 Å². The van der Waals surface area contributed by atoms with E-state index in [0.29, 0.717) is 84.6 Å². The second-order valence-electron chi connectivity index (χ2n) is 16.4. The normalized spacial score (nSPS) is 30.6. The zero-order chi connectivity index (χ0) is 49.9. The quantitative estimate of drug-likeness (QED) is 0.103. The van der Waals surface area contributed by atoms with Crippen LogP contribution in [0.2, 0.25) is 0 Å². The number of cyclic esters (lactones) is 9. The molecule has 0 saturated carbocycles. The minimum atomic E-state index is -0.933. The topological polar surface area (TPSA) is 381 Å². The lowest BCUT2D eigenvalue weighted by Crippen LogP contribution is -2.35. The second-order valence-corrected chi connectivity index (χ2v) is 16.4. The molecule has 66 heavy (non-hydrogen) atoms. The number of rotatable bonds is 1. The first kappa shape index (κ1) is 59.3. The molecule has 8 saturated heterocycles. The minimum absolute atomic E-state index is 0.132. The van der Waals surface area contributed by atoms with Gasteiger partial charge in [-0.3, -0.25) is 19.2 Å². The molecule has 8 fully saturated rings. The van der Waals surface area contributed by atoms with E-state index in [1.165, 1.54) is 0 Å². The molecule has 25 nitrogen and oxygen atoms in total. The summed E-state index contributed by atoms with van der Waals surface area (Å²) < 4.78 is 40.5. The van der Waals surface area contributed by atoms with Gasteiger partial charge in [-0.2, -0.15) is 0 Å². The van der Waals surface area contributed by atoms with E-state index in [1.54, 1.807) is 20.8 Å². The van der Waals surface area contributed by atoms with Gasteiger partial charge in [0.2, 0.25) is 0 Å². The predicted octanol–water partition coefficient (Wildman–Crippen LogP) is -2.06. The summed E-state index contributed by atoms with van der Waals surface area (Å²) in [6.45, 7) is 7.79. The molecular weight excluding hydrogens is 892 g/mol. The van der Waals surface area contributed by atoms with Gasteiger partial charge in [0.15, 0.2) is 24.4 Å². The van der Waals surface area contributed by atoms with Crippen molar-refractivity contribution in [2.24, 2.45) is 5.41 Å². The lowest BCUT2D eigenvalue weighted by Gasteiger charge is -2.26. The van der Waals surface area contributed by atoms with Gasteiger partial charge in [0.1, 0.15) is 13.2 Å². The van der Waals surface area contributed by atoms with E-state index in [-0.39, 0.29) is 69.1 Å². The third-order valence-electron chi connectivity index (χ3n) is 9.46. The van der Waals surface area contributed by atoms with Crippen LogP contribution in [0.4, 0.5) is 4.79 Å². The first-order chi connectivity index (χ1) is 30.9. The first-order valence-electron chi connectivity index (χ1n) is 21.3. The Bertz CT molecular complexity index is 1530. The van der Waals surface area contributed by atoms with Crippen LogP contribution in [-0.4, -0.2) is 197 Å². The summed E-state index contributed by atoms with van der Waals surface area (Å²) in [5.74, 6) is -2.53. The van der Waals surface area contributed by atoms with Crippen molar-refractivity contribution in [2.75, 3.05) is 59.5 Å². The highest BCUT2D eigenvalue weighted by Gasteiger charge is 2.42. The molecule has 6 unspecified atom stereocenters. The molecule has 0 bridgehead atoms. The molecule has 8 atom stereocenters. The monoisotopic (exact) mass is 958 g/mol. The van der Waals surface area contributed by atoms with E-state index in [4.69, 9.17) is 35.7 Å². The van der Waals surface area contributed by atoms with E-state index in [9.17, 15) is 43.5 Å². The molecule has 8 heterocycles. The van der Waals surface area contributed by atoms with Gasteiger partial charge in [-0.25, -0.2) is 19.2 Å². The molecule has 8 aliphatic rings. The molecule has 380 valence electrons. The average Bonchev–Trinajstić information content (AvgIpc) is 3.95. The molecule has 0 aromatic heterocycles.